The van der Waals surface area contributed by atoms with Gasteiger partial charge in [0.1, 0.15) is 0 Å². The fourth-order valence-electron chi connectivity index (χ4n) is 3.36. The third kappa shape index (κ3) is 4.61. The fraction of sp³-hybridized carbons (Fsp3) is 0.556. The fourth-order valence-corrected chi connectivity index (χ4v) is 6.09. The molecule has 21 heavy (non-hydrogen) atoms. The molecule has 0 N–H and O–H groups in total. The monoisotopic (exact) mass is 362 g/mol. The minimum absolute atomic E-state index is 0. The minimum atomic E-state index is -0.0390. The average Bonchev–Trinajstić information content (AvgIpc) is 3.01. The molecule has 3 heteroatoms. The predicted octanol–water partition coefficient (Wildman–Crippen LogP) is 6.72. The van der Waals surface area contributed by atoms with E-state index in [1.807, 2.05) is 7.76 Å². The molecule has 0 aliphatic heterocycles. The zero-order valence-corrected chi connectivity index (χ0v) is 16.9. The smallest absolute Gasteiger partial charge is 0.147 e. The first-order valence-electron chi connectivity index (χ1n) is 7.84. The molecule has 0 saturated heterocycles. The van der Waals surface area contributed by atoms with Gasteiger partial charge in [-0.15, -0.1) is 24.8 Å². The van der Waals surface area contributed by atoms with Gasteiger partial charge in [-0.25, -0.2) is 0 Å². The molecule has 0 aromatic heterocycles. The van der Waals surface area contributed by atoms with Crippen molar-refractivity contribution in [3.63, 3.8) is 0 Å². The number of hydrogen-bond donors (Lipinski definition) is 0. The van der Waals surface area contributed by atoms with E-state index in [-0.39, 0.29) is 44.0 Å². The van der Waals surface area contributed by atoms with Crippen LogP contribution in [-0.4, -0.2) is 0 Å². The molecule has 2 aliphatic rings. The molecule has 0 saturated carbocycles. The molecule has 0 aromatic rings. The Morgan fingerprint density at radius 3 is 1.38 bits per heavy atom. The summed E-state index contributed by atoms with van der Waals surface area (Å²) in [6.45, 7) is 9.26. The van der Waals surface area contributed by atoms with Crippen LogP contribution in [0.25, 0.3) is 0 Å². The van der Waals surface area contributed by atoms with Gasteiger partial charge >= 0.3 is 128 Å². The van der Waals surface area contributed by atoms with E-state index in [0.29, 0.717) is 0 Å². The van der Waals surface area contributed by atoms with Crippen molar-refractivity contribution in [2.24, 2.45) is 0 Å². The van der Waals surface area contributed by atoms with Crippen molar-refractivity contribution in [3.05, 3.63) is 42.2 Å². The molecule has 0 nitrogen and oxygen atoms in total. The summed E-state index contributed by atoms with van der Waals surface area (Å²) in [5, 5.41) is 0. The van der Waals surface area contributed by atoms with Crippen LogP contribution in [0.2, 0.25) is 0 Å². The van der Waals surface area contributed by atoms with Gasteiger partial charge in [0.25, 0.3) is 0 Å². The second-order valence-corrected chi connectivity index (χ2v) is 7.60. The Morgan fingerprint density at radius 2 is 1.10 bits per heavy atom. The van der Waals surface area contributed by atoms with Crippen molar-refractivity contribution in [1.29, 1.82) is 0 Å². The molecule has 118 valence electrons. The van der Waals surface area contributed by atoms with Gasteiger partial charge < -0.3 is 0 Å². The van der Waals surface area contributed by atoms with Gasteiger partial charge in [-0.2, -0.15) is 0 Å². The van der Waals surface area contributed by atoms with E-state index in [4.69, 9.17) is 0 Å². The summed E-state index contributed by atoms with van der Waals surface area (Å²) in [5.74, 6) is 0. The van der Waals surface area contributed by atoms with E-state index >= 15 is 0 Å². The molecule has 0 bridgehead atoms. The molecule has 0 fully saturated rings. The third-order valence-electron chi connectivity index (χ3n) is 4.38. The van der Waals surface area contributed by atoms with Crippen molar-refractivity contribution in [2.75, 3.05) is 0 Å². The summed E-state index contributed by atoms with van der Waals surface area (Å²) in [6.07, 6.45) is 12.4. The number of allylic oxidation sites excluding steroid dienone is 8. The van der Waals surface area contributed by atoms with Crippen LogP contribution in [-0.2, 0) is 19.2 Å². The maximum absolute atomic E-state index is 2.49. The van der Waals surface area contributed by atoms with Gasteiger partial charge in [0.15, 0.2) is 0 Å². The van der Waals surface area contributed by atoms with Gasteiger partial charge in [-0.05, 0) is 0 Å². The molecule has 0 spiro atoms. The number of hydrogen-bond acceptors (Lipinski definition) is 0. The molecular formula is C18H28Cl2Ti. The summed E-state index contributed by atoms with van der Waals surface area (Å²) in [6, 6.07) is 0. The van der Waals surface area contributed by atoms with Crippen LogP contribution in [0.5, 0.6) is 0 Å². The zero-order chi connectivity index (χ0) is 13.8. The van der Waals surface area contributed by atoms with Crippen LogP contribution >= 0.6 is 24.8 Å². The zero-order valence-electron chi connectivity index (χ0n) is 13.7. The van der Waals surface area contributed by atoms with E-state index < -0.39 is 0 Å². The van der Waals surface area contributed by atoms with Crippen LogP contribution in [0.1, 0.15) is 66.2 Å². The van der Waals surface area contributed by atoms with Gasteiger partial charge in [0, 0.05) is 0 Å². The molecule has 0 unspecified atom stereocenters. The summed E-state index contributed by atoms with van der Waals surface area (Å²) >= 11 is -0.0390. The normalized spacial score (nSPS) is 17.3. The van der Waals surface area contributed by atoms with Crippen molar-refractivity contribution >= 4 is 24.8 Å². The van der Waals surface area contributed by atoms with E-state index in [9.17, 15) is 0 Å². The topological polar surface area (TPSA) is 0 Å². The minimum Gasteiger partial charge on any atom is -0.147 e. The summed E-state index contributed by atoms with van der Waals surface area (Å²) < 4.78 is 3.65. The average molecular weight is 363 g/mol. The van der Waals surface area contributed by atoms with E-state index in [1.165, 1.54) is 38.5 Å². The van der Waals surface area contributed by atoms with Crippen molar-refractivity contribution in [3.8, 4) is 0 Å². The van der Waals surface area contributed by atoms with Gasteiger partial charge in [0.05, 0.1) is 0 Å². The Labute approximate surface area is 152 Å². The third-order valence-corrected chi connectivity index (χ3v) is 6.90. The van der Waals surface area contributed by atoms with Crippen molar-refractivity contribution in [2.45, 2.75) is 66.2 Å². The van der Waals surface area contributed by atoms with E-state index in [2.05, 4.69) is 39.8 Å². The van der Waals surface area contributed by atoms with E-state index in [0.717, 1.165) is 0 Å². The summed E-state index contributed by atoms with van der Waals surface area (Å²) in [4.78, 5) is 0. The maximum Gasteiger partial charge on any atom is -0.147 e. The van der Waals surface area contributed by atoms with Crippen molar-refractivity contribution in [1.82, 2.24) is 0 Å². The largest absolute Gasteiger partial charge is 0.147 e. The van der Waals surface area contributed by atoms with Crippen LogP contribution < -0.4 is 0 Å². The molecule has 2 aliphatic carbocycles. The Morgan fingerprint density at radius 1 is 0.714 bits per heavy atom. The van der Waals surface area contributed by atoms with Crippen LogP contribution in [0.15, 0.2) is 42.2 Å². The maximum atomic E-state index is 2.49. The second kappa shape index (κ2) is 10.1. The van der Waals surface area contributed by atoms with Gasteiger partial charge in [-0.3, -0.25) is 0 Å². The Kier molecular flexibility index (Phi) is 10.2. The Balaban J connectivity index is 0.00000200. The first-order valence-corrected chi connectivity index (χ1v) is 9.41. The van der Waals surface area contributed by atoms with E-state index in [1.54, 1.807) is 22.3 Å². The Hall–Kier alpha value is 0.254. The molecule has 0 aromatic carbocycles. The molecule has 0 amide bonds. The van der Waals surface area contributed by atoms with Gasteiger partial charge in [0.2, 0.25) is 0 Å². The summed E-state index contributed by atoms with van der Waals surface area (Å²) in [5.41, 5.74) is 6.72. The first kappa shape index (κ1) is 21.3. The number of rotatable bonds is 6. The molecule has 2 rings (SSSR count). The summed E-state index contributed by atoms with van der Waals surface area (Å²) in [7, 11) is 0. The quantitative estimate of drug-likeness (QED) is 0.460. The van der Waals surface area contributed by atoms with Crippen molar-refractivity contribution < 1.29 is 19.2 Å². The SMILES string of the molecule is CCC1=CC[C]([Ti][C]2=C(CC)C(CC)=CC2)=C1CC.Cl.Cl. The van der Waals surface area contributed by atoms with Crippen LogP contribution in [0.3, 0.4) is 0 Å². The molecule has 0 atom stereocenters. The standard InChI is InChI=1S/2C9H13.2ClH.Ti/c2*1-3-8-6-5-7-9(8)4-2;;;/h2*6H,3-5H2,1-2H3;2*1H;. The van der Waals surface area contributed by atoms with Crippen LogP contribution in [0, 0.1) is 0 Å². The van der Waals surface area contributed by atoms with Gasteiger partial charge in [-0.1, -0.05) is 0 Å². The first-order chi connectivity index (χ1) is 9.24. The molecular weight excluding hydrogens is 335 g/mol. The molecule has 0 heterocycles. The second-order valence-electron chi connectivity index (χ2n) is 5.32. The predicted molar refractivity (Wildman–Crippen MR) is 95.1 cm³/mol. The van der Waals surface area contributed by atoms with Crippen LogP contribution in [0.4, 0.5) is 0 Å². The number of halogens is 2. The molecule has 0 radical (unpaired) electrons. The Bertz CT molecular complexity index is 437.